The fourth-order valence-corrected chi connectivity index (χ4v) is 2.51. The molecule has 0 aliphatic heterocycles. The largest absolute Gasteiger partial charge is 0.478 e. The molecule has 112 valence electrons. The number of carboxylic acids is 1. The van der Waals surface area contributed by atoms with E-state index in [-0.39, 0.29) is 11.3 Å². The van der Waals surface area contributed by atoms with Gasteiger partial charge in [0.2, 0.25) is 0 Å². The molecule has 0 bridgehead atoms. The molecule has 1 aromatic heterocycles. The summed E-state index contributed by atoms with van der Waals surface area (Å²) in [6.45, 7) is 2.17. The van der Waals surface area contributed by atoms with Crippen LogP contribution in [0.1, 0.15) is 66.2 Å². The normalized spacial score (nSPS) is 10.9. The smallest absolute Gasteiger partial charge is 0.335 e. The highest BCUT2D eigenvalue weighted by Gasteiger charge is 2.13. The van der Waals surface area contributed by atoms with Crippen molar-refractivity contribution in [3.63, 3.8) is 0 Å². The number of hydrogen-bond donors (Lipinski definition) is 2. The van der Waals surface area contributed by atoms with E-state index in [1.54, 1.807) is 18.3 Å². The first-order chi connectivity index (χ1) is 10.1. The van der Waals surface area contributed by atoms with Crippen LogP contribution in [0.3, 0.4) is 0 Å². The fourth-order valence-electron chi connectivity index (χ4n) is 2.51. The van der Waals surface area contributed by atoms with Gasteiger partial charge in [0.1, 0.15) is 0 Å². The summed E-state index contributed by atoms with van der Waals surface area (Å²) >= 11 is 0. The Kier molecular flexibility index (Phi) is 5.14. The molecule has 0 atom stereocenters. The zero-order valence-electron chi connectivity index (χ0n) is 12.3. The topological polar surface area (TPSA) is 70.2 Å². The SMILES string of the molecule is CCCCCCCC(=O)c1c[nH]c2cc(C(=O)O)ccc12. The number of carbonyl (C=O) groups is 2. The van der Waals surface area contributed by atoms with Crippen LogP contribution >= 0.6 is 0 Å². The lowest BCUT2D eigenvalue weighted by molar-refractivity contribution is 0.0697. The summed E-state index contributed by atoms with van der Waals surface area (Å²) in [6.07, 6.45) is 7.84. The van der Waals surface area contributed by atoms with Crippen molar-refractivity contribution in [3.8, 4) is 0 Å². The first-order valence-corrected chi connectivity index (χ1v) is 7.51. The lowest BCUT2D eigenvalue weighted by atomic mass is 10.0. The number of carbonyl (C=O) groups excluding carboxylic acids is 1. The number of fused-ring (bicyclic) bond motifs is 1. The van der Waals surface area contributed by atoms with Crippen molar-refractivity contribution < 1.29 is 14.7 Å². The molecule has 4 heteroatoms. The average Bonchev–Trinajstić information content (AvgIpc) is 2.89. The van der Waals surface area contributed by atoms with Crippen molar-refractivity contribution in [1.82, 2.24) is 4.98 Å². The molecule has 2 rings (SSSR count). The van der Waals surface area contributed by atoms with Crippen LogP contribution < -0.4 is 0 Å². The van der Waals surface area contributed by atoms with E-state index >= 15 is 0 Å². The quantitative estimate of drug-likeness (QED) is 0.558. The van der Waals surface area contributed by atoms with Gasteiger partial charge < -0.3 is 10.1 Å². The van der Waals surface area contributed by atoms with Gasteiger partial charge in [0, 0.05) is 29.1 Å². The highest BCUT2D eigenvalue weighted by atomic mass is 16.4. The van der Waals surface area contributed by atoms with E-state index in [9.17, 15) is 9.59 Å². The van der Waals surface area contributed by atoms with Crippen LogP contribution in [0, 0.1) is 0 Å². The van der Waals surface area contributed by atoms with Crippen molar-refractivity contribution in [1.29, 1.82) is 0 Å². The van der Waals surface area contributed by atoms with Crippen molar-refractivity contribution in [2.75, 3.05) is 0 Å². The maximum atomic E-state index is 12.2. The maximum Gasteiger partial charge on any atom is 0.335 e. The van der Waals surface area contributed by atoms with Crippen molar-refractivity contribution in [2.45, 2.75) is 45.4 Å². The second-order valence-corrected chi connectivity index (χ2v) is 5.36. The number of aromatic carboxylic acids is 1. The van der Waals surface area contributed by atoms with Crippen LogP contribution in [0.2, 0.25) is 0 Å². The predicted octanol–water partition coefficient (Wildman–Crippen LogP) is 4.41. The van der Waals surface area contributed by atoms with Gasteiger partial charge in [-0.25, -0.2) is 4.79 Å². The number of aromatic nitrogens is 1. The summed E-state index contributed by atoms with van der Waals surface area (Å²) in [4.78, 5) is 26.2. The van der Waals surface area contributed by atoms with Gasteiger partial charge in [0.05, 0.1) is 5.56 Å². The molecule has 0 radical (unpaired) electrons. The number of hydrogen-bond acceptors (Lipinski definition) is 2. The van der Waals surface area contributed by atoms with Crippen LogP contribution in [-0.4, -0.2) is 21.8 Å². The zero-order valence-corrected chi connectivity index (χ0v) is 12.3. The van der Waals surface area contributed by atoms with Gasteiger partial charge >= 0.3 is 5.97 Å². The van der Waals surface area contributed by atoms with Gasteiger partial charge in [-0.1, -0.05) is 38.7 Å². The summed E-state index contributed by atoms with van der Waals surface area (Å²) in [5, 5.41) is 9.77. The standard InChI is InChI=1S/C17H21NO3/c1-2-3-4-5-6-7-16(19)14-11-18-15-10-12(17(20)21)8-9-13(14)15/h8-11,18H,2-7H2,1H3,(H,20,21). The molecule has 0 aliphatic carbocycles. The molecule has 0 saturated heterocycles. The molecule has 0 unspecified atom stereocenters. The number of unbranched alkanes of at least 4 members (excludes halogenated alkanes) is 4. The molecule has 0 saturated carbocycles. The maximum absolute atomic E-state index is 12.2. The second-order valence-electron chi connectivity index (χ2n) is 5.36. The van der Waals surface area contributed by atoms with E-state index in [1.165, 1.54) is 25.3 Å². The van der Waals surface area contributed by atoms with Crippen LogP contribution in [0.15, 0.2) is 24.4 Å². The van der Waals surface area contributed by atoms with Gasteiger partial charge in [-0.15, -0.1) is 0 Å². The molecular formula is C17H21NO3. The molecule has 0 aliphatic rings. The molecule has 1 heterocycles. The number of rotatable bonds is 8. The van der Waals surface area contributed by atoms with Crippen molar-refractivity contribution in [3.05, 3.63) is 35.5 Å². The van der Waals surface area contributed by atoms with E-state index in [0.29, 0.717) is 17.5 Å². The Balaban J connectivity index is 2.04. The van der Waals surface area contributed by atoms with E-state index in [0.717, 1.165) is 18.2 Å². The summed E-state index contributed by atoms with van der Waals surface area (Å²) in [6, 6.07) is 4.81. The number of H-pyrrole nitrogens is 1. The van der Waals surface area contributed by atoms with Crippen molar-refractivity contribution >= 4 is 22.7 Å². The molecular weight excluding hydrogens is 266 g/mol. The van der Waals surface area contributed by atoms with Gasteiger partial charge in [0.15, 0.2) is 5.78 Å². The minimum absolute atomic E-state index is 0.126. The lowest BCUT2D eigenvalue weighted by Gasteiger charge is -2.01. The molecule has 1 aromatic carbocycles. The van der Waals surface area contributed by atoms with Crippen LogP contribution in [0.25, 0.3) is 10.9 Å². The van der Waals surface area contributed by atoms with E-state index in [2.05, 4.69) is 11.9 Å². The van der Waals surface area contributed by atoms with Gasteiger partial charge in [-0.3, -0.25) is 4.79 Å². The van der Waals surface area contributed by atoms with E-state index < -0.39 is 5.97 Å². The number of aromatic amines is 1. The summed E-state index contributed by atoms with van der Waals surface area (Å²) in [5.41, 5.74) is 1.59. The predicted molar refractivity (Wildman–Crippen MR) is 83.0 cm³/mol. The monoisotopic (exact) mass is 287 g/mol. The van der Waals surface area contributed by atoms with Crippen molar-refractivity contribution in [2.24, 2.45) is 0 Å². The third kappa shape index (κ3) is 3.72. The van der Waals surface area contributed by atoms with Gasteiger partial charge in [-0.2, -0.15) is 0 Å². The second kappa shape index (κ2) is 7.07. The number of carboxylic acid groups (broad SMARTS) is 1. The van der Waals surface area contributed by atoms with E-state index in [1.807, 2.05) is 0 Å². The Hall–Kier alpha value is -2.10. The van der Waals surface area contributed by atoms with Crippen LogP contribution in [-0.2, 0) is 0 Å². The Morgan fingerprint density at radius 1 is 1.14 bits per heavy atom. The number of ketones is 1. The number of benzene rings is 1. The molecule has 2 aromatic rings. The summed E-state index contributed by atoms with van der Waals surface area (Å²) in [5.74, 6) is -0.837. The van der Waals surface area contributed by atoms with Crippen LogP contribution in [0.4, 0.5) is 0 Å². The Morgan fingerprint density at radius 3 is 2.62 bits per heavy atom. The van der Waals surface area contributed by atoms with Gasteiger partial charge in [0.25, 0.3) is 0 Å². The molecule has 21 heavy (non-hydrogen) atoms. The first kappa shape index (κ1) is 15.3. The van der Waals surface area contributed by atoms with E-state index in [4.69, 9.17) is 5.11 Å². The third-order valence-electron chi connectivity index (χ3n) is 3.74. The Morgan fingerprint density at radius 2 is 1.90 bits per heavy atom. The highest BCUT2D eigenvalue weighted by Crippen LogP contribution is 2.22. The minimum atomic E-state index is -0.963. The van der Waals surface area contributed by atoms with Gasteiger partial charge in [-0.05, 0) is 18.6 Å². The third-order valence-corrected chi connectivity index (χ3v) is 3.74. The Labute approximate surface area is 124 Å². The fraction of sp³-hybridized carbons (Fsp3) is 0.412. The summed E-state index contributed by atoms with van der Waals surface area (Å²) < 4.78 is 0. The lowest BCUT2D eigenvalue weighted by Crippen LogP contribution is -1.98. The average molecular weight is 287 g/mol. The number of nitrogens with one attached hydrogen (secondary N) is 1. The molecule has 0 spiro atoms. The highest BCUT2D eigenvalue weighted by molar-refractivity contribution is 6.08. The molecule has 2 N–H and O–H groups in total. The Bertz CT molecular complexity index is 643. The van der Waals surface area contributed by atoms with Crippen LogP contribution in [0.5, 0.6) is 0 Å². The molecule has 0 amide bonds. The summed E-state index contributed by atoms with van der Waals surface area (Å²) in [7, 11) is 0. The molecule has 0 fully saturated rings. The molecule has 4 nitrogen and oxygen atoms in total. The first-order valence-electron chi connectivity index (χ1n) is 7.51. The minimum Gasteiger partial charge on any atom is -0.478 e. The zero-order chi connectivity index (χ0) is 15.2. The number of Topliss-reactive ketones (excluding diaryl/α,β-unsaturated/α-hetero) is 1.